The molecule has 0 amide bonds. The SMILES string of the molecule is C[C@H](F)S(=O)(=O)N[C@@H]1[C@H](Cc2cccc(-c3ccccc3)c2F)N(CC2CCO2)CC12CC2. The van der Waals surface area contributed by atoms with Gasteiger partial charge in [-0.15, -0.1) is 0 Å². The third kappa shape index (κ3) is 4.46. The first-order valence-corrected chi connectivity index (χ1v) is 13.2. The third-order valence-corrected chi connectivity index (χ3v) is 8.90. The number of ether oxygens (including phenoxy) is 1. The van der Waals surface area contributed by atoms with Crippen LogP contribution >= 0.6 is 0 Å². The maximum atomic E-state index is 15.6. The van der Waals surface area contributed by atoms with Gasteiger partial charge < -0.3 is 4.74 Å². The maximum Gasteiger partial charge on any atom is 0.243 e. The van der Waals surface area contributed by atoms with Gasteiger partial charge in [0.05, 0.1) is 6.10 Å². The molecule has 4 atom stereocenters. The Balaban J connectivity index is 1.47. The summed E-state index contributed by atoms with van der Waals surface area (Å²) < 4.78 is 62.8. The molecule has 3 fully saturated rings. The van der Waals surface area contributed by atoms with Crippen LogP contribution in [-0.4, -0.2) is 56.7 Å². The van der Waals surface area contributed by atoms with E-state index < -0.39 is 21.6 Å². The summed E-state index contributed by atoms with van der Waals surface area (Å²) in [4.78, 5) is 2.24. The number of nitrogens with zero attached hydrogens (tertiary/aromatic N) is 1. The lowest BCUT2D eigenvalue weighted by Crippen LogP contribution is -2.51. The van der Waals surface area contributed by atoms with Crippen LogP contribution in [0.2, 0.25) is 0 Å². The summed E-state index contributed by atoms with van der Waals surface area (Å²) >= 11 is 0. The van der Waals surface area contributed by atoms with Gasteiger partial charge in [-0.05, 0) is 43.7 Å². The van der Waals surface area contributed by atoms with E-state index in [2.05, 4.69) is 9.62 Å². The Bertz CT molecular complexity index is 1100. The fourth-order valence-corrected chi connectivity index (χ4v) is 6.23. The number of alkyl halides is 1. The van der Waals surface area contributed by atoms with Crippen LogP contribution in [0.4, 0.5) is 8.78 Å². The van der Waals surface area contributed by atoms with E-state index in [-0.39, 0.29) is 23.4 Å². The minimum atomic E-state index is -4.11. The van der Waals surface area contributed by atoms with Gasteiger partial charge in [-0.3, -0.25) is 4.90 Å². The predicted octanol–water partition coefficient (Wildman–Crippen LogP) is 3.89. The van der Waals surface area contributed by atoms with E-state index in [1.54, 1.807) is 12.1 Å². The quantitative estimate of drug-likeness (QED) is 0.628. The predicted molar refractivity (Wildman–Crippen MR) is 123 cm³/mol. The molecule has 2 saturated heterocycles. The zero-order valence-electron chi connectivity index (χ0n) is 18.7. The molecule has 1 unspecified atom stereocenters. The standard InChI is InChI=1S/C25H30F2N2O3S/c1-17(26)33(30,31)28-24-22(29(15-20-10-13-32-20)16-25(24)11-12-25)14-19-8-5-9-21(23(19)27)18-6-3-2-4-7-18/h2-9,17,20,22,24,28H,10-16H2,1H3/t17-,20?,22+,24-/m1/s1. The molecule has 0 aromatic heterocycles. The van der Waals surface area contributed by atoms with E-state index in [9.17, 15) is 12.8 Å². The molecule has 1 N–H and O–H groups in total. The van der Waals surface area contributed by atoms with E-state index in [1.165, 1.54) is 0 Å². The largest absolute Gasteiger partial charge is 0.377 e. The summed E-state index contributed by atoms with van der Waals surface area (Å²) in [5.41, 5.74) is -0.364. The van der Waals surface area contributed by atoms with Crippen molar-refractivity contribution in [1.29, 1.82) is 0 Å². The Hall–Kier alpha value is -1.87. The van der Waals surface area contributed by atoms with Crippen LogP contribution in [0.15, 0.2) is 48.5 Å². The average Bonchev–Trinajstić information content (AvgIpc) is 3.49. The second-order valence-electron chi connectivity index (χ2n) is 9.67. The first-order valence-electron chi connectivity index (χ1n) is 11.6. The summed E-state index contributed by atoms with van der Waals surface area (Å²) in [7, 11) is -4.11. The van der Waals surface area contributed by atoms with Gasteiger partial charge in [0, 0.05) is 42.8 Å². The summed E-state index contributed by atoms with van der Waals surface area (Å²) in [5.74, 6) is -0.291. The molecule has 2 aliphatic heterocycles. The zero-order valence-corrected chi connectivity index (χ0v) is 19.5. The van der Waals surface area contributed by atoms with Crippen molar-refractivity contribution in [3.8, 4) is 11.1 Å². The number of benzene rings is 2. The van der Waals surface area contributed by atoms with Crippen LogP contribution < -0.4 is 4.72 Å². The molecule has 33 heavy (non-hydrogen) atoms. The lowest BCUT2D eigenvalue weighted by atomic mass is 9.91. The van der Waals surface area contributed by atoms with Crippen molar-refractivity contribution in [1.82, 2.24) is 9.62 Å². The van der Waals surface area contributed by atoms with Crippen molar-refractivity contribution in [3.63, 3.8) is 0 Å². The highest BCUT2D eigenvalue weighted by Gasteiger charge is 2.60. The van der Waals surface area contributed by atoms with Crippen LogP contribution in [0.5, 0.6) is 0 Å². The Kier molecular flexibility index (Phi) is 6.05. The highest BCUT2D eigenvalue weighted by molar-refractivity contribution is 7.89. The van der Waals surface area contributed by atoms with Crippen LogP contribution in [0.3, 0.4) is 0 Å². The van der Waals surface area contributed by atoms with Crippen molar-refractivity contribution in [2.75, 3.05) is 19.7 Å². The lowest BCUT2D eigenvalue weighted by Gasteiger charge is -2.35. The van der Waals surface area contributed by atoms with Gasteiger partial charge in [0.1, 0.15) is 5.82 Å². The summed E-state index contributed by atoms with van der Waals surface area (Å²) in [6.45, 7) is 3.16. The first-order chi connectivity index (χ1) is 15.8. The minimum absolute atomic E-state index is 0.110. The van der Waals surface area contributed by atoms with Crippen molar-refractivity contribution >= 4 is 10.0 Å². The molecular weight excluding hydrogens is 446 g/mol. The van der Waals surface area contributed by atoms with Gasteiger partial charge in [-0.2, -0.15) is 0 Å². The van der Waals surface area contributed by atoms with E-state index in [0.29, 0.717) is 30.6 Å². The Morgan fingerprint density at radius 3 is 2.52 bits per heavy atom. The summed E-state index contributed by atoms with van der Waals surface area (Å²) in [6, 6.07) is 14.0. The second kappa shape index (κ2) is 8.73. The number of hydrogen-bond acceptors (Lipinski definition) is 4. The van der Waals surface area contributed by atoms with Crippen molar-refractivity contribution < 1.29 is 21.9 Å². The van der Waals surface area contributed by atoms with Gasteiger partial charge in [0.15, 0.2) is 0 Å². The van der Waals surface area contributed by atoms with Crippen molar-refractivity contribution in [2.24, 2.45) is 5.41 Å². The number of rotatable bonds is 8. The zero-order chi connectivity index (χ0) is 23.2. The molecule has 1 spiro atoms. The number of likely N-dealkylation sites (tertiary alicyclic amines) is 1. The smallest absolute Gasteiger partial charge is 0.243 e. The fourth-order valence-electron chi connectivity index (χ4n) is 5.28. The summed E-state index contributed by atoms with van der Waals surface area (Å²) in [5, 5.41) is 0. The van der Waals surface area contributed by atoms with E-state index >= 15 is 4.39 Å². The number of hydrogen-bond donors (Lipinski definition) is 1. The Labute approximate surface area is 194 Å². The maximum absolute atomic E-state index is 15.6. The molecule has 2 aromatic carbocycles. The molecular formula is C25H30F2N2O3S. The van der Waals surface area contributed by atoms with Crippen LogP contribution in [0, 0.1) is 11.2 Å². The van der Waals surface area contributed by atoms with Gasteiger partial charge in [0.25, 0.3) is 0 Å². The molecule has 0 bridgehead atoms. The first kappa shape index (κ1) is 22.9. The second-order valence-corrected chi connectivity index (χ2v) is 11.6. The van der Waals surface area contributed by atoms with Crippen molar-refractivity contribution in [2.45, 2.75) is 56.3 Å². The normalized spacial score (nSPS) is 27.4. The van der Waals surface area contributed by atoms with Crippen molar-refractivity contribution in [3.05, 3.63) is 59.9 Å². The summed E-state index contributed by atoms with van der Waals surface area (Å²) in [6.07, 6.45) is 3.18. The Morgan fingerprint density at radius 2 is 1.91 bits per heavy atom. The molecule has 178 valence electrons. The van der Waals surface area contributed by atoms with Crippen LogP contribution in [0.1, 0.15) is 31.7 Å². The molecule has 0 radical (unpaired) electrons. The molecule has 5 nitrogen and oxygen atoms in total. The molecule has 1 saturated carbocycles. The molecule has 3 aliphatic rings. The topological polar surface area (TPSA) is 58.6 Å². The lowest BCUT2D eigenvalue weighted by molar-refractivity contribution is -0.0689. The van der Waals surface area contributed by atoms with E-state index in [0.717, 1.165) is 38.4 Å². The van der Waals surface area contributed by atoms with Gasteiger partial charge >= 0.3 is 0 Å². The van der Waals surface area contributed by atoms with E-state index in [1.807, 2.05) is 36.4 Å². The van der Waals surface area contributed by atoms with Crippen LogP contribution in [0.25, 0.3) is 11.1 Å². The van der Waals surface area contributed by atoms with Gasteiger partial charge in [-0.25, -0.2) is 21.9 Å². The number of sulfonamides is 1. The molecule has 2 aromatic rings. The molecule has 2 heterocycles. The highest BCUT2D eigenvalue weighted by atomic mass is 32.2. The third-order valence-electron chi connectivity index (χ3n) is 7.47. The molecule has 1 aliphatic carbocycles. The highest BCUT2D eigenvalue weighted by Crippen LogP contribution is 2.55. The number of nitrogens with one attached hydrogen (secondary N) is 1. The van der Waals surface area contributed by atoms with E-state index in [4.69, 9.17) is 4.74 Å². The van der Waals surface area contributed by atoms with Crippen LogP contribution in [-0.2, 0) is 21.2 Å². The Morgan fingerprint density at radius 1 is 1.18 bits per heavy atom. The average molecular weight is 477 g/mol. The van der Waals surface area contributed by atoms with Gasteiger partial charge in [0.2, 0.25) is 15.5 Å². The molecule has 8 heteroatoms. The number of halogens is 2. The monoisotopic (exact) mass is 476 g/mol. The van der Waals surface area contributed by atoms with Gasteiger partial charge in [-0.1, -0.05) is 48.5 Å². The molecule has 5 rings (SSSR count). The minimum Gasteiger partial charge on any atom is -0.377 e. The fraction of sp³-hybridized carbons (Fsp3) is 0.520.